The van der Waals surface area contributed by atoms with E-state index in [0.29, 0.717) is 11.4 Å². The van der Waals surface area contributed by atoms with Gasteiger partial charge in [-0.3, -0.25) is 9.20 Å². The van der Waals surface area contributed by atoms with Gasteiger partial charge in [0.05, 0.1) is 17.6 Å². The van der Waals surface area contributed by atoms with Crippen LogP contribution in [0.25, 0.3) is 16.3 Å². The molecule has 0 aliphatic rings. The Labute approximate surface area is 98.9 Å². The van der Waals surface area contributed by atoms with Crippen LogP contribution in [0.5, 0.6) is 0 Å². The summed E-state index contributed by atoms with van der Waals surface area (Å²) >= 11 is 1.42. The quantitative estimate of drug-likeness (QED) is 0.668. The molecule has 6 nitrogen and oxygen atoms in total. The number of thiazole rings is 1. The molecule has 0 atom stereocenters. The van der Waals surface area contributed by atoms with Crippen molar-refractivity contribution in [3.63, 3.8) is 0 Å². The van der Waals surface area contributed by atoms with Gasteiger partial charge in [0.25, 0.3) is 0 Å². The summed E-state index contributed by atoms with van der Waals surface area (Å²) in [6.45, 7) is 1.80. The molecule has 0 spiro atoms. The Kier molecular flexibility index (Phi) is 2.02. The van der Waals surface area contributed by atoms with E-state index in [9.17, 15) is 9.59 Å². The number of hydrogen-bond acceptors (Lipinski definition) is 4. The van der Waals surface area contributed by atoms with E-state index in [4.69, 9.17) is 0 Å². The van der Waals surface area contributed by atoms with Crippen LogP contribution < -0.4 is 5.69 Å². The Morgan fingerprint density at radius 3 is 2.94 bits per heavy atom. The molecule has 0 fully saturated rings. The molecule has 7 heteroatoms. The van der Waals surface area contributed by atoms with E-state index in [0.717, 1.165) is 22.6 Å². The third-order valence-corrected chi connectivity index (χ3v) is 3.40. The predicted octanol–water partition coefficient (Wildman–Crippen LogP) is 1.20. The second-order valence-electron chi connectivity index (χ2n) is 3.62. The van der Waals surface area contributed by atoms with Crippen molar-refractivity contribution in [3.05, 3.63) is 33.4 Å². The number of fused-ring (bicyclic) bond motifs is 1. The normalized spacial score (nSPS) is 11.1. The Morgan fingerprint density at radius 1 is 1.47 bits per heavy atom. The SMILES string of the molecule is Cc1[nH]c(=O)[nH]c1-c1csc2ncc(C=O)n12. The van der Waals surface area contributed by atoms with Crippen LogP contribution in [0.1, 0.15) is 16.2 Å². The van der Waals surface area contributed by atoms with E-state index in [1.807, 2.05) is 5.38 Å². The summed E-state index contributed by atoms with van der Waals surface area (Å²) in [4.78, 5) is 32.4. The summed E-state index contributed by atoms with van der Waals surface area (Å²) in [5, 5.41) is 1.86. The maximum Gasteiger partial charge on any atom is 0.323 e. The number of nitrogens with one attached hydrogen (secondary N) is 2. The van der Waals surface area contributed by atoms with Crippen LogP contribution in [0.15, 0.2) is 16.4 Å². The van der Waals surface area contributed by atoms with Crippen LogP contribution in [0, 0.1) is 6.92 Å². The number of aromatic nitrogens is 4. The maximum atomic E-state index is 11.2. The molecule has 0 bridgehead atoms. The van der Waals surface area contributed by atoms with Gasteiger partial charge in [-0.2, -0.15) is 0 Å². The van der Waals surface area contributed by atoms with E-state index in [1.54, 1.807) is 11.3 Å². The van der Waals surface area contributed by atoms with Crippen molar-refractivity contribution in [1.82, 2.24) is 19.4 Å². The minimum absolute atomic E-state index is 0.260. The van der Waals surface area contributed by atoms with Gasteiger partial charge in [-0.25, -0.2) is 9.78 Å². The molecule has 3 heterocycles. The van der Waals surface area contributed by atoms with Crippen molar-refractivity contribution in [2.75, 3.05) is 0 Å². The molecule has 3 aromatic heterocycles. The van der Waals surface area contributed by atoms with Gasteiger partial charge in [0, 0.05) is 11.1 Å². The first kappa shape index (κ1) is 10.0. The lowest BCUT2D eigenvalue weighted by molar-refractivity contribution is 0.111. The average Bonchev–Trinajstić information content (AvgIpc) is 2.92. The largest absolute Gasteiger partial charge is 0.323 e. The third-order valence-electron chi connectivity index (χ3n) is 2.57. The molecule has 3 aromatic rings. The Hall–Kier alpha value is -2.15. The minimum Gasteiger partial charge on any atom is -0.310 e. The molecule has 86 valence electrons. The zero-order valence-electron chi connectivity index (χ0n) is 8.85. The zero-order chi connectivity index (χ0) is 12.0. The molecule has 3 rings (SSSR count). The molecule has 0 aliphatic carbocycles. The van der Waals surface area contributed by atoms with Gasteiger partial charge < -0.3 is 9.97 Å². The molecular formula is C10H8N4O2S. The number of aromatic amines is 2. The standard InChI is InChI=1S/C10H8N4O2S/c1-5-8(13-9(16)12-5)7-4-17-10-11-2-6(3-15)14(7)10/h2-4H,1H3,(H2,12,13,16). The fraction of sp³-hybridized carbons (Fsp3) is 0.100. The first-order chi connectivity index (χ1) is 8.20. The molecule has 0 aromatic carbocycles. The van der Waals surface area contributed by atoms with Crippen LogP contribution in [0.3, 0.4) is 0 Å². The Balaban J connectivity index is 2.37. The van der Waals surface area contributed by atoms with E-state index in [2.05, 4.69) is 15.0 Å². The Bertz CT molecular complexity index is 761. The first-order valence-electron chi connectivity index (χ1n) is 4.90. The molecule has 2 N–H and O–H groups in total. The smallest absolute Gasteiger partial charge is 0.310 e. The van der Waals surface area contributed by atoms with Crippen LogP contribution in [-0.2, 0) is 0 Å². The minimum atomic E-state index is -0.260. The summed E-state index contributed by atoms with van der Waals surface area (Å²) in [6.07, 6.45) is 2.26. The van der Waals surface area contributed by atoms with Gasteiger partial charge in [0.2, 0.25) is 0 Å². The molecule has 0 unspecified atom stereocenters. The van der Waals surface area contributed by atoms with Gasteiger partial charge in [-0.1, -0.05) is 0 Å². The van der Waals surface area contributed by atoms with E-state index < -0.39 is 0 Å². The summed E-state index contributed by atoms with van der Waals surface area (Å²) in [5.41, 5.74) is 2.39. The average molecular weight is 248 g/mol. The molecule has 0 aliphatic heterocycles. The van der Waals surface area contributed by atoms with Crippen molar-refractivity contribution in [2.45, 2.75) is 6.92 Å². The molecular weight excluding hydrogens is 240 g/mol. The second-order valence-corrected chi connectivity index (χ2v) is 4.46. The lowest BCUT2D eigenvalue weighted by atomic mass is 10.3. The van der Waals surface area contributed by atoms with Crippen molar-refractivity contribution in [2.24, 2.45) is 0 Å². The predicted molar refractivity (Wildman–Crippen MR) is 63.6 cm³/mol. The van der Waals surface area contributed by atoms with Gasteiger partial charge >= 0.3 is 5.69 Å². The highest BCUT2D eigenvalue weighted by molar-refractivity contribution is 7.15. The number of rotatable bonds is 2. The van der Waals surface area contributed by atoms with E-state index >= 15 is 0 Å². The van der Waals surface area contributed by atoms with Crippen molar-refractivity contribution in [1.29, 1.82) is 0 Å². The fourth-order valence-corrected chi connectivity index (χ4v) is 2.68. The molecule has 0 radical (unpaired) electrons. The number of imidazole rings is 2. The second kappa shape index (κ2) is 3.42. The summed E-state index contributed by atoms with van der Waals surface area (Å²) < 4.78 is 1.73. The van der Waals surface area contributed by atoms with Crippen LogP contribution in [-0.4, -0.2) is 25.6 Å². The highest BCUT2D eigenvalue weighted by Crippen LogP contribution is 2.26. The summed E-state index contributed by atoms with van der Waals surface area (Å²) in [7, 11) is 0. The van der Waals surface area contributed by atoms with Gasteiger partial charge in [0.15, 0.2) is 11.2 Å². The monoisotopic (exact) mass is 248 g/mol. The van der Waals surface area contributed by atoms with Gasteiger partial charge in [-0.15, -0.1) is 11.3 Å². The summed E-state index contributed by atoms with van der Waals surface area (Å²) in [5.74, 6) is 0. The van der Waals surface area contributed by atoms with Crippen molar-refractivity contribution in [3.8, 4) is 11.4 Å². The summed E-state index contributed by atoms with van der Waals surface area (Å²) in [6, 6.07) is 0. The molecule has 0 saturated carbocycles. The topological polar surface area (TPSA) is 83.0 Å². The number of aldehydes is 1. The lowest BCUT2D eigenvalue weighted by Gasteiger charge is -1.98. The number of carbonyl (C=O) groups is 1. The molecule has 17 heavy (non-hydrogen) atoms. The Morgan fingerprint density at radius 2 is 2.29 bits per heavy atom. The molecule has 0 amide bonds. The number of H-pyrrole nitrogens is 2. The number of carbonyl (C=O) groups excluding carboxylic acids is 1. The van der Waals surface area contributed by atoms with Crippen LogP contribution >= 0.6 is 11.3 Å². The van der Waals surface area contributed by atoms with Gasteiger partial charge in [-0.05, 0) is 6.92 Å². The van der Waals surface area contributed by atoms with E-state index in [-0.39, 0.29) is 5.69 Å². The third kappa shape index (κ3) is 1.36. The zero-order valence-corrected chi connectivity index (χ0v) is 9.67. The lowest BCUT2D eigenvalue weighted by Crippen LogP contribution is -2.00. The number of nitrogens with zero attached hydrogens (tertiary/aromatic N) is 2. The highest BCUT2D eigenvalue weighted by atomic mass is 32.1. The van der Waals surface area contributed by atoms with Crippen molar-refractivity contribution >= 4 is 22.6 Å². The molecule has 0 saturated heterocycles. The van der Waals surface area contributed by atoms with Crippen LogP contribution in [0.2, 0.25) is 0 Å². The van der Waals surface area contributed by atoms with E-state index in [1.165, 1.54) is 17.5 Å². The first-order valence-corrected chi connectivity index (χ1v) is 5.78. The highest BCUT2D eigenvalue weighted by Gasteiger charge is 2.14. The van der Waals surface area contributed by atoms with Crippen molar-refractivity contribution < 1.29 is 4.79 Å². The van der Waals surface area contributed by atoms with Crippen LogP contribution in [0.4, 0.5) is 0 Å². The number of hydrogen-bond donors (Lipinski definition) is 2. The van der Waals surface area contributed by atoms with Gasteiger partial charge in [0.1, 0.15) is 5.69 Å². The fourth-order valence-electron chi connectivity index (χ4n) is 1.82. The maximum absolute atomic E-state index is 11.2. The number of aryl methyl sites for hydroxylation is 1.